The monoisotopic (exact) mass is 354 g/mol. The van der Waals surface area contributed by atoms with E-state index < -0.39 is 11.7 Å². The molecule has 0 atom stereocenters. The number of aromatic nitrogens is 3. The maximum absolute atomic E-state index is 13.0. The van der Waals surface area contributed by atoms with Gasteiger partial charge >= 0.3 is 6.18 Å². The lowest BCUT2D eigenvalue weighted by molar-refractivity contribution is -0.138. The average Bonchev–Trinajstić information content (AvgIpc) is 3.02. The Kier molecular flexibility index (Phi) is 6.26. The minimum Gasteiger partial charge on any atom is -0.273 e. The van der Waals surface area contributed by atoms with Crippen molar-refractivity contribution in [2.75, 3.05) is 5.75 Å². The molecule has 0 saturated carbocycles. The summed E-state index contributed by atoms with van der Waals surface area (Å²) in [4.78, 5) is 4.10. The van der Waals surface area contributed by atoms with E-state index >= 15 is 0 Å². The first kappa shape index (κ1) is 18.3. The van der Waals surface area contributed by atoms with Gasteiger partial charge in [-0.25, -0.2) is 4.98 Å². The smallest absolute Gasteiger partial charge is 0.273 e. The molecule has 0 fully saturated rings. The summed E-state index contributed by atoms with van der Waals surface area (Å²) in [5, 5.41) is 13.4. The van der Waals surface area contributed by atoms with E-state index in [9.17, 15) is 13.2 Å². The summed E-state index contributed by atoms with van der Waals surface area (Å²) in [5.41, 5.74) is -1.02. The highest BCUT2D eigenvalue weighted by Crippen LogP contribution is 2.36. The summed E-state index contributed by atoms with van der Waals surface area (Å²) < 4.78 is 40.9. The van der Waals surface area contributed by atoms with Crippen LogP contribution >= 0.6 is 11.8 Å². The molecule has 0 aliphatic rings. The first-order valence-electron chi connectivity index (χ1n) is 7.51. The van der Waals surface area contributed by atoms with Gasteiger partial charge in [0.1, 0.15) is 11.1 Å². The highest BCUT2D eigenvalue weighted by atomic mass is 32.2. The quantitative estimate of drug-likeness (QED) is 0.545. The zero-order chi connectivity index (χ0) is 17.6. The second-order valence-electron chi connectivity index (χ2n) is 5.28. The van der Waals surface area contributed by atoms with Crippen molar-refractivity contribution in [1.82, 2.24) is 14.8 Å². The van der Waals surface area contributed by atoms with Crippen LogP contribution in [0.2, 0.25) is 0 Å². The third-order valence-corrected chi connectivity index (χ3v) is 4.42. The summed E-state index contributed by atoms with van der Waals surface area (Å²) in [7, 11) is 0. The SMILES string of the molecule is Cc1cc(C(F)(F)F)c(C#N)c(SCCCCCn2cccn2)n1. The number of thioether (sulfide) groups is 1. The highest BCUT2D eigenvalue weighted by Gasteiger charge is 2.35. The van der Waals surface area contributed by atoms with Crippen molar-refractivity contribution in [3.8, 4) is 6.07 Å². The Hall–Kier alpha value is -2.01. The Labute approximate surface area is 142 Å². The lowest BCUT2D eigenvalue weighted by atomic mass is 10.1. The highest BCUT2D eigenvalue weighted by molar-refractivity contribution is 7.99. The van der Waals surface area contributed by atoms with E-state index in [1.54, 1.807) is 12.3 Å². The predicted molar refractivity (Wildman–Crippen MR) is 85.5 cm³/mol. The maximum Gasteiger partial charge on any atom is 0.417 e. The van der Waals surface area contributed by atoms with Crippen molar-refractivity contribution >= 4 is 11.8 Å². The zero-order valence-corrected chi connectivity index (χ0v) is 14.0. The van der Waals surface area contributed by atoms with Crippen LogP contribution in [0.3, 0.4) is 0 Å². The topological polar surface area (TPSA) is 54.5 Å². The van der Waals surface area contributed by atoms with Gasteiger partial charge in [0.2, 0.25) is 0 Å². The second kappa shape index (κ2) is 8.20. The van der Waals surface area contributed by atoms with Crippen molar-refractivity contribution in [3.63, 3.8) is 0 Å². The van der Waals surface area contributed by atoms with Crippen LogP contribution < -0.4 is 0 Å². The fourth-order valence-corrected chi connectivity index (χ4v) is 3.29. The number of rotatable bonds is 7. The van der Waals surface area contributed by atoms with Crippen molar-refractivity contribution in [2.24, 2.45) is 0 Å². The summed E-state index contributed by atoms with van der Waals surface area (Å²) >= 11 is 1.21. The summed E-state index contributed by atoms with van der Waals surface area (Å²) in [6, 6.07) is 4.44. The molecule has 2 rings (SSSR count). The Morgan fingerprint density at radius 1 is 1.29 bits per heavy atom. The molecular formula is C16H17F3N4S. The Morgan fingerprint density at radius 2 is 2.08 bits per heavy atom. The largest absolute Gasteiger partial charge is 0.417 e. The van der Waals surface area contributed by atoms with E-state index in [2.05, 4.69) is 10.1 Å². The van der Waals surface area contributed by atoms with Gasteiger partial charge in [-0.2, -0.15) is 23.5 Å². The van der Waals surface area contributed by atoms with Crippen molar-refractivity contribution in [1.29, 1.82) is 5.26 Å². The van der Waals surface area contributed by atoms with E-state index in [-0.39, 0.29) is 16.3 Å². The molecule has 4 nitrogen and oxygen atoms in total. The number of pyridine rings is 1. The number of hydrogen-bond acceptors (Lipinski definition) is 4. The number of alkyl halides is 3. The van der Waals surface area contributed by atoms with Crippen LogP contribution in [0.15, 0.2) is 29.6 Å². The minimum absolute atomic E-state index is 0.164. The molecule has 128 valence electrons. The van der Waals surface area contributed by atoms with Gasteiger partial charge in [-0.3, -0.25) is 4.68 Å². The number of unbranched alkanes of at least 4 members (excludes halogenated alkanes) is 2. The fourth-order valence-electron chi connectivity index (χ4n) is 2.23. The molecule has 0 spiro atoms. The second-order valence-corrected chi connectivity index (χ2v) is 6.36. The average molecular weight is 354 g/mol. The standard InChI is InChI=1S/C16H17F3N4S/c1-12-10-14(16(17,18)19)13(11-20)15(22-12)24-9-4-2-3-7-23-8-5-6-21-23/h5-6,8,10H,2-4,7,9H2,1H3. The van der Waals surface area contributed by atoms with E-state index in [4.69, 9.17) is 5.26 Å². The van der Waals surface area contributed by atoms with Gasteiger partial charge in [-0.05, 0) is 37.7 Å². The normalized spacial score (nSPS) is 11.5. The molecule has 0 amide bonds. The van der Waals surface area contributed by atoms with Crippen molar-refractivity contribution < 1.29 is 13.2 Å². The van der Waals surface area contributed by atoms with Crippen LogP contribution in [-0.4, -0.2) is 20.5 Å². The Balaban J connectivity index is 1.90. The first-order valence-corrected chi connectivity index (χ1v) is 8.49. The van der Waals surface area contributed by atoms with E-state index in [1.807, 2.05) is 16.9 Å². The summed E-state index contributed by atoms with van der Waals surface area (Å²) in [6.07, 6.45) is 1.80. The third-order valence-electron chi connectivity index (χ3n) is 3.36. The lowest BCUT2D eigenvalue weighted by Gasteiger charge is -2.12. The number of halogens is 3. The van der Waals surface area contributed by atoms with Crippen LogP contribution in [0.1, 0.15) is 36.1 Å². The van der Waals surface area contributed by atoms with Crippen LogP contribution in [-0.2, 0) is 12.7 Å². The van der Waals surface area contributed by atoms with Crippen molar-refractivity contribution in [2.45, 2.75) is 43.9 Å². The Morgan fingerprint density at radius 3 is 2.71 bits per heavy atom. The van der Waals surface area contributed by atoms with Crippen LogP contribution in [0, 0.1) is 18.3 Å². The molecule has 0 N–H and O–H groups in total. The molecule has 24 heavy (non-hydrogen) atoms. The summed E-state index contributed by atoms with van der Waals surface area (Å²) in [6.45, 7) is 2.33. The molecule has 8 heteroatoms. The third kappa shape index (κ3) is 4.99. The lowest BCUT2D eigenvalue weighted by Crippen LogP contribution is -2.10. The molecular weight excluding hydrogens is 337 g/mol. The van der Waals surface area contributed by atoms with Gasteiger partial charge in [0.15, 0.2) is 0 Å². The van der Waals surface area contributed by atoms with Crippen LogP contribution in [0.5, 0.6) is 0 Å². The zero-order valence-electron chi connectivity index (χ0n) is 13.2. The van der Waals surface area contributed by atoms with E-state index in [1.165, 1.54) is 18.7 Å². The van der Waals surface area contributed by atoms with Gasteiger partial charge in [-0.1, -0.05) is 6.42 Å². The molecule has 0 aliphatic carbocycles. The number of nitriles is 1. The predicted octanol–water partition coefficient (Wildman–Crippen LogP) is 4.44. The van der Waals surface area contributed by atoms with Crippen LogP contribution in [0.4, 0.5) is 13.2 Å². The molecule has 2 aromatic rings. The molecule has 2 aromatic heterocycles. The molecule has 0 unspecified atom stereocenters. The van der Waals surface area contributed by atoms with E-state index in [0.29, 0.717) is 5.75 Å². The molecule has 0 saturated heterocycles. The number of aryl methyl sites for hydroxylation is 2. The number of hydrogen-bond donors (Lipinski definition) is 0. The number of nitrogens with zero attached hydrogens (tertiary/aromatic N) is 4. The molecule has 0 aromatic carbocycles. The van der Waals surface area contributed by atoms with Crippen LogP contribution in [0.25, 0.3) is 0 Å². The first-order chi connectivity index (χ1) is 11.4. The van der Waals surface area contributed by atoms with Gasteiger partial charge in [-0.15, -0.1) is 11.8 Å². The molecule has 0 bridgehead atoms. The van der Waals surface area contributed by atoms with Gasteiger partial charge in [0.25, 0.3) is 0 Å². The van der Waals surface area contributed by atoms with Gasteiger partial charge in [0.05, 0.1) is 11.1 Å². The Bertz CT molecular complexity index is 705. The molecule has 0 radical (unpaired) electrons. The van der Waals surface area contributed by atoms with E-state index in [0.717, 1.165) is 31.9 Å². The summed E-state index contributed by atoms with van der Waals surface area (Å²) in [5.74, 6) is 0.627. The van der Waals surface area contributed by atoms with Crippen molar-refractivity contribution in [3.05, 3.63) is 41.3 Å². The van der Waals surface area contributed by atoms with Gasteiger partial charge in [0, 0.05) is 24.6 Å². The molecule has 0 aliphatic heterocycles. The minimum atomic E-state index is -4.54. The maximum atomic E-state index is 13.0. The molecule has 2 heterocycles. The fraction of sp³-hybridized carbons (Fsp3) is 0.438. The van der Waals surface area contributed by atoms with Gasteiger partial charge < -0.3 is 0 Å².